The van der Waals surface area contributed by atoms with E-state index in [1.54, 1.807) is 20.3 Å². The number of hydrogen-bond donors (Lipinski definition) is 3. The van der Waals surface area contributed by atoms with E-state index in [0.717, 1.165) is 17.1 Å². The second-order valence-electron chi connectivity index (χ2n) is 9.12. The first-order valence-corrected chi connectivity index (χ1v) is 12.1. The molecule has 0 spiro atoms. The van der Waals surface area contributed by atoms with Crippen molar-refractivity contribution in [2.24, 2.45) is 5.73 Å². The number of anilines is 1. The van der Waals surface area contributed by atoms with Gasteiger partial charge in [-0.3, -0.25) is 14.4 Å². The number of carbonyl (C=O) groups is 3. The Labute approximate surface area is 210 Å². The molecule has 0 radical (unpaired) electrons. The number of nitrogens with zero attached hydrogens (tertiary/aromatic N) is 2. The molecule has 10 nitrogen and oxygen atoms in total. The number of carbonyl (C=O) groups excluding carboxylic acids is 3. The van der Waals surface area contributed by atoms with Crippen LogP contribution in [0.4, 0.5) is 5.69 Å². The van der Waals surface area contributed by atoms with E-state index in [9.17, 15) is 14.4 Å². The van der Waals surface area contributed by atoms with Crippen molar-refractivity contribution in [1.82, 2.24) is 14.6 Å². The summed E-state index contributed by atoms with van der Waals surface area (Å²) < 4.78 is 14.6. The minimum Gasteiger partial charge on any atom is -0.493 e. The van der Waals surface area contributed by atoms with Gasteiger partial charge in [0.15, 0.2) is 17.2 Å². The third-order valence-electron chi connectivity index (χ3n) is 5.24. The third kappa shape index (κ3) is 7.08. The fourth-order valence-electron chi connectivity index (χ4n) is 3.60. The molecule has 11 heteroatoms. The maximum Gasteiger partial charge on any atom is 0.270 e. The van der Waals surface area contributed by atoms with Crippen molar-refractivity contribution >= 4 is 34.9 Å². The van der Waals surface area contributed by atoms with E-state index in [0.29, 0.717) is 30.8 Å². The van der Waals surface area contributed by atoms with Crippen LogP contribution in [-0.2, 0) is 11.2 Å². The second kappa shape index (κ2) is 11.9. The van der Waals surface area contributed by atoms with Crippen LogP contribution in [0.25, 0.3) is 0 Å². The highest BCUT2D eigenvalue weighted by molar-refractivity contribution is 7.09. The molecule has 1 atom stereocenters. The van der Waals surface area contributed by atoms with Gasteiger partial charge in [0.2, 0.25) is 5.91 Å². The third-order valence-corrected chi connectivity index (χ3v) is 6.10. The molecule has 192 valence electrons. The average Bonchev–Trinajstić information content (AvgIpc) is 3.18. The Hall–Kier alpha value is -3.34. The Morgan fingerprint density at radius 1 is 1.17 bits per heavy atom. The maximum absolute atomic E-state index is 13.7. The van der Waals surface area contributed by atoms with Gasteiger partial charge in [-0.05, 0) is 62.8 Å². The van der Waals surface area contributed by atoms with Crippen LogP contribution in [0.1, 0.15) is 66.3 Å². The fraction of sp³-hybridized carbons (Fsp3) is 0.500. The zero-order valence-corrected chi connectivity index (χ0v) is 22.0. The molecular weight excluding hydrogens is 470 g/mol. The molecule has 1 heterocycles. The average molecular weight is 506 g/mol. The lowest BCUT2D eigenvalue weighted by molar-refractivity contribution is -0.127. The van der Waals surface area contributed by atoms with E-state index in [1.807, 2.05) is 39.8 Å². The molecule has 2 aromatic rings. The molecule has 3 amide bonds. The molecule has 0 aliphatic heterocycles. The first-order valence-electron chi connectivity index (χ1n) is 11.3. The van der Waals surface area contributed by atoms with Crippen molar-refractivity contribution in [2.45, 2.75) is 58.5 Å². The molecule has 0 saturated carbocycles. The monoisotopic (exact) mass is 505 g/mol. The normalized spacial score (nSPS) is 12.1. The van der Waals surface area contributed by atoms with Crippen LogP contribution >= 0.6 is 11.5 Å². The molecule has 0 unspecified atom stereocenters. The summed E-state index contributed by atoms with van der Waals surface area (Å²) in [6, 6.07) is 4.75. The Kier molecular flexibility index (Phi) is 9.47. The topological polar surface area (TPSA) is 150 Å². The lowest BCUT2D eigenvalue weighted by Gasteiger charge is -2.33. The van der Waals surface area contributed by atoms with E-state index in [4.69, 9.17) is 20.9 Å². The van der Waals surface area contributed by atoms with E-state index in [2.05, 4.69) is 9.69 Å². The van der Waals surface area contributed by atoms with E-state index in [1.165, 1.54) is 4.90 Å². The van der Waals surface area contributed by atoms with Gasteiger partial charge in [0.25, 0.3) is 11.8 Å². The smallest absolute Gasteiger partial charge is 0.270 e. The minimum absolute atomic E-state index is 0.0740. The molecule has 0 saturated heterocycles. The number of aromatic nitrogens is 1. The van der Waals surface area contributed by atoms with Crippen LogP contribution in [0.3, 0.4) is 0 Å². The fourth-order valence-corrected chi connectivity index (χ4v) is 4.36. The Morgan fingerprint density at radius 2 is 1.83 bits per heavy atom. The quantitative estimate of drug-likeness (QED) is 0.425. The van der Waals surface area contributed by atoms with Crippen LogP contribution < -0.4 is 26.3 Å². The summed E-state index contributed by atoms with van der Waals surface area (Å²) in [5.41, 5.74) is 11.6. The molecular formula is C24H35N5O5S. The number of amides is 3. The van der Waals surface area contributed by atoms with Crippen molar-refractivity contribution in [3.63, 3.8) is 0 Å². The van der Waals surface area contributed by atoms with Crippen molar-refractivity contribution in [3.05, 3.63) is 34.3 Å². The summed E-state index contributed by atoms with van der Waals surface area (Å²) in [5.74, 6) is -0.399. The number of hydrogen-bond acceptors (Lipinski definition) is 8. The first-order chi connectivity index (χ1) is 16.4. The van der Waals surface area contributed by atoms with Crippen LogP contribution in [-0.4, -0.2) is 59.3 Å². The van der Waals surface area contributed by atoms with Crippen molar-refractivity contribution in [3.8, 4) is 11.5 Å². The SMILES string of the molecule is CCC[C@H](C(=O)NC(C)(C)C)N(CCc1ccc(OC)c(OC)c1)C(=O)c1snc(C(N)=O)c1N. The van der Waals surface area contributed by atoms with Gasteiger partial charge >= 0.3 is 0 Å². The maximum atomic E-state index is 13.7. The molecule has 2 rings (SSSR count). The lowest BCUT2D eigenvalue weighted by Crippen LogP contribution is -2.54. The molecule has 5 N–H and O–H groups in total. The molecule has 0 aliphatic carbocycles. The highest BCUT2D eigenvalue weighted by Crippen LogP contribution is 2.29. The summed E-state index contributed by atoms with van der Waals surface area (Å²) in [7, 11) is 3.11. The molecule has 0 fully saturated rings. The van der Waals surface area contributed by atoms with Crippen molar-refractivity contribution in [1.29, 1.82) is 0 Å². The van der Waals surface area contributed by atoms with Gasteiger partial charge in [0.1, 0.15) is 10.9 Å². The van der Waals surface area contributed by atoms with Gasteiger partial charge in [-0.25, -0.2) is 0 Å². The summed E-state index contributed by atoms with van der Waals surface area (Å²) in [6.45, 7) is 7.80. The highest BCUT2D eigenvalue weighted by atomic mass is 32.1. The van der Waals surface area contributed by atoms with Gasteiger partial charge in [-0.15, -0.1) is 0 Å². The summed E-state index contributed by atoms with van der Waals surface area (Å²) in [6.07, 6.45) is 1.56. The van der Waals surface area contributed by atoms with Crippen molar-refractivity contribution < 1.29 is 23.9 Å². The zero-order valence-electron chi connectivity index (χ0n) is 21.1. The second-order valence-corrected chi connectivity index (χ2v) is 9.89. The molecule has 35 heavy (non-hydrogen) atoms. The first kappa shape index (κ1) is 27.9. The number of nitrogens with one attached hydrogen (secondary N) is 1. The molecule has 1 aromatic heterocycles. The predicted molar refractivity (Wildman–Crippen MR) is 136 cm³/mol. The van der Waals surface area contributed by atoms with Crippen LogP contribution in [0.5, 0.6) is 11.5 Å². The Bertz CT molecular complexity index is 1060. The predicted octanol–water partition coefficient (Wildman–Crippen LogP) is 2.61. The van der Waals surface area contributed by atoms with E-state index in [-0.39, 0.29) is 28.7 Å². The van der Waals surface area contributed by atoms with Gasteiger partial charge < -0.3 is 31.2 Å². The van der Waals surface area contributed by atoms with Crippen LogP contribution in [0.15, 0.2) is 18.2 Å². The molecule has 0 aliphatic rings. The summed E-state index contributed by atoms with van der Waals surface area (Å²) in [5, 5.41) is 2.97. The highest BCUT2D eigenvalue weighted by Gasteiger charge is 2.34. The minimum atomic E-state index is -0.815. The number of ether oxygens (including phenoxy) is 2. The standard InChI is InChI=1S/C24H35N5O5S/c1-7-8-15(22(31)27-24(2,3)4)29(23(32)20-18(25)19(21(26)30)28-35-20)12-11-14-9-10-16(33-5)17(13-14)34-6/h9-10,13,15H,7-8,11-12,25H2,1-6H3,(H2,26,30)(H,27,31)/t15-/m1/s1. The number of rotatable bonds is 11. The summed E-state index contributed by atoms with van der Waals surface area (Å²) in [4.78, 5) is 40.1. The van der Waals surface area contributed by atoms with Crippen molar-refractivity contribution in [2.75, 3.05) is 26.5 Å². The van der Waals surface area contributed by atoms with Crippen LogP contribution in [0, 0.1) is 0 Å². The number of methoxy groups -OCH3 is 2. The van der Waals surface area contributed by atoms with Gasteiger partial charge in [-0.2, -0.15) is 4.37 Å². The zero-order chi connectivity index (χ0) is 26.3. The number of primary amides is 1. The van der Waals surface area contributed by atoms with Crippen LogP contribution in [0.2, 0.25) is 0 Å². The molecule has 0 bridgehead atoms. The van der Waals surface area contributed by atoms with Gasteiger partial charge in [0.05, 0.1) is 19.9 Å². The lowest BCUT2D eigenvalue weighted by atomic mass is 10.0. The largest absolute Gasteiger partial charge is 0.493 e. The van der Waals surface area contributed by atoms with E-state index < -0.39 is 23.4 Å². The Morgan fingerprint density at radius 3 is 2.34 bits per heavy atom. The number of nitrogens with two attached hydrogens (primary N) is 2. The number of benzene rings is 1. The molecule has 1 aromatic carbocycles. The summed E-state index contributed by atoms with van der Waals surface area (Å²) >= 11 is 0.799. The van der Waals surface area contributed by atoms with E-state index >= 15 is 0 Å². The number of nitrogen functional groups attached to an aromatic ring is 1. The Balaban J connectivity index is 2.45. The van der Waals surface area contributed by atoms with Gasteiger partial charge in [-0.1, -0.05) is 19.4 Å². The van der Waals surface area contributed by atoms with Gasteiger partial charge in [0, 0.05) is 12.1 Å².